The second-order valence-corrected chi connectivity index (χ2v) is 8.50. The average Bonchev–Trinajstić information content (AvgIpc) is 3.41. The van der Waals surface area contributed by atoms with E-state index >= 15 is 0 Å². The van der Waals surface area contributed by atoms with Crippen molar-refractivity contribution in [3.05, 3.63) is 59.1 Å². The van der Waals surface area contributed by atoms with E-state index in [1.165, 1.54) is 0 Å². The summed E-state index contributed by atoms with van der Waals surface area (Å²) >= 11 is 8.16. The molecule has 2 heterocycles. The molecule has 1 aliphatic heterocycles. The van der Waals surface area contributed by atoms with E-state index in [0.29, 0.717) is 17.3 Å². The molecule has 1 unspecified atom stereocenters. The number of methoxy groups -OCH3 is 2. The first-order chi connectivity index (χ1) is 14.6. The number of thioether (sulfide) groups is 1. The summed E-state index contributed by atoms with van der Waals surface area (Å²) in [5.41, 5.74) is 2.01. The molecule has 8 heteroatoms. The van der Waals surface area contributed by atoms with Gasteiger partial charge in [0.15, 0.2) is 23.0 Å². The highest BCUT2D eigenvalue weighted by Gasteiger charge is 2.17. The largest absolute Gasteiger partial charge is 0.493 e. The SMILES string of the molecule is COc1ccc(SCC(C)c2cn(Cc3cc4c(cc3Cl)OCO4)cn2)cc1OC. The fourth-order valence-corrected chi connectivity index (χ4v) is 4.39. The Morgan fingerprint density at radius 3 is 2.67 bits per heavy atom. The molecule has 1 aromatic heterocycles. The molecule has 0 saturated carbocycles. The van der Waals surface area contributed by atoms with E-state index < -0.39 is 0 Å². The van der Waals surface area contributed by atoms with Gasteiger partial charge < -0.3 is 23.5 Å². The lowest BCUT2D eigenvalue weighted by atomic mass is 10.1. The Morgan fingerprint density at radius 2 is 1.90 bits per heavy atom. The zero-order valence-electron chi connectivity index (χ0n) is 17.1. The molecule has 0 spiro atoms. The Kier molecular flexibility index (Phi) is 6.29. The normalized spacial score (nSPS) is 13.3. The minimum Gasteiger partial charge on any atom is -0.493 e. The first-order valence-electron chi connectivity index (χ1n) is 9.52. The summed E-state index contributed by atoms with van der Waals surface area (Å²) in [7, 11) is 3.29. The molecule has 0 saturated heterocycles. The third-order valence-corrected chi connectivity index (χ3v) is 6.51. The number of hydrogen-bond acceptors (Lipinski definition) is 6. The standard InChI is InChI=1S/C22H23ClN2O4S/c1-14(11-30-16-4-5-19(26-2)20(7-16)27-3)18-10-25(12-24-18)9-15-6-21-22(8-17(15)23)29-13-28-21/h4-8,10,12,14H,9,11,13H2,1-3H3. The lowest BCUT2D eigenvalue weighted by molar-refractivity contribution is 0.174. The van der Waals surface area contributed by atoms with Gasteiger partial charge in [0.25, 0.3) is 0 Å². The minimum atomic E-state index is 0.236. The predicted octanol–water partition coefficient (Wildman–Crippen LogP) is 5.23. The maximum absolute atomic E-state index is 6.40. The predicted molar refractivity (Wildman–Crippen MR) is 118 cm³/mol. The highest BCUT2D eigenvalue weighted by atomic mass is 35.5. The van der Waals surface area contributed by atoms with Gasteiger partial charge in [-0.2, -0.15) is 0 Å². The van der Waals surface area contributed by atoms with Gasteiger partial charge in [0.05, 0.1) is 32.8 Å². The van der Waals surface area contributed by atoms with Crippen LogP contribution in [0.25, 0.3) is 0 Å². The Balaban J connectivity index is 1.39. The molecule has 6 nitrogen and oxygen atoms in total. The van der Waals surface area contributed by atoms with Crippen LogP contribution in [0.4, 0.5) is 0 Å². The van der Waals surface area contributed by atoms with Crippen LogP contribution in [0.3, 0.4) is 0 Å². The summed E-state index contributed by atoms with van der Waals surface area (Å²) in [6, 6.07) is 9.70. The summed E-state index contributed by atoms with van der Waals surface area (Å²) in [5.74, 6) is 4.08. The Bertz CT molecular complexity index is 1040. The highest BCUT2D eigenvalue weighted by Crippen LogP contribution is 2.37. The first kappa shape index (κ1) is 20.8. The van der Waals surface area contributed by atoms with Crippen molar-refractivity contribution in [2.75, 3.05) is 26.8 Å². The van der Waals surface area contributed by atoms with Crippen molar-refractivity contribution in [1.82, 2.24) is 9.55 Å². The van der Waals surface area contributed by atoms with Crippen LogP contribution < -0.4 is 18.9 Å². The van der Waals surface area contributed by atoms with E-state index in [-0.39, 0.29) is 12.7 Å². The summed E-state index contributed by atoms with van der Waals surface area (Å²) in [5, 5.41) is 0.659. The van der Waals surface area contributed by atoms with Crippen molar-refractivity contribution in [1.29, 1.82) is 0 Å². The number of nitrogens with zero attached hydrogens (tertiary/aromatic N) is 2. The summed E-state index contributed by atoms with van der Waals surface area (Å²) in [6.45, 7) is 3.03. The van der Waals surface area contributed by atoms with Crippen molar-refractivity contribution >= 4 is 23.4 Å². The molecule has 2 aromatic carbocycles. The topological polar surface area (TPSA) is 54.7 Å². The monoisotopic (exact) mass is 446 g/mol. The number of rotatable bonds is 8. The fraction of sp³-hybridized carbons (Fsp3) is 0.318. The van der Waals surface area contributed by atoms with Crippen molar-refractivity contribution < 1.29 is 18.9 Å². The van der Waals surface area contributed by atoms with E-state index in [2.05, 4.69) is 18.1 Å². The number of ether oxygens (including phenoxy) is 4. The third-order valence-electron chi connectivity index (χ3n) is 4.91. The highest BCUT2D eigenvalue weighted by molar-refractivity contribution is 7.99. The number of halogens is 1. The van der Waals surface area contributed by atoms with Gasteiger partial charge in [-0.1, -0.05) is 18.5 Å². The smallest absolute Gasteiger partial charge is 0.231 e. The zero-order valence-corrected chi connectivity index (χ0v) is 18.6. The number of hydrogen-bond donors (Lipinski definition) is 0. The van der Waals surface area contributed by atoms with Gasteiger partial charge in [-0.05, 0) is 29.8 Å². The average molecular weight is 447 g/mol. The van der Waals surface area contributed by atoms with Gasteiger partial charge in [-0.25, -0.2) is 4.98 Å². The molecular formula is C22H23ClN2O4S. The Morgan fingerprint density at radius 1 is 1.13 bits per heavy atom. The van der Waals surface area contributed by atoms with Crippen LogP contribution >= 0.6 is 23.4 Å². The molecule has 30 heavy (non-hydrogen) atoms. The van der Waals surface area contributed by atoms with Gasteiger partial charge in [0.2, 0.25) is 6.79 Å². The Labute approximate surface area is 185 Å². The minimum absolute atomic E-state index is 0.236. The van der Waals surface area contributed by atoms with Crippen molar-refractivity contribution in [3.8, 4) is 23.0 Å². The first-order valence-corrected chi connectivity index (χ1v) is 10.9. The fourth-order valence-electron chi connectivity index (χ4n) is 3.21. The van der Waals surface area contributed by atoms with Gasteiger partial charge in [0, 0.05) is 33.9 Å². The van der Waals surface area contributed by atoms with Crippen LogP contribution in [-0.2, 0) is 6.54 Å². The van der Waals surface area contributed by atoms with Gasteiger partial charge >= 0.3 is 0 Å². The number of benzene rings is 2. The molecule has 0 bridgehead atoms. The molecule has 4 rings (SSSR count). The summed E-state index contributed by atoms with van der Waals surface area (Å²) in [4.78, 5) is 5.72. The summed E-state index contributed by atoms with van der Waals surface area (Å²) < 4.78 is 23.5. The maximum atomic E-state index is 6.40. The second kappa shape index (κ2) is 9.10. The van der Waals surface area contributed by atoms with Gasteiger partial charge in [0.1, 0.15) is 0 Å². The molecule has 1 atom stereocenters. The number of imidazole rings is 1. The van der Waals surface area contributed by atoms with Crippen LogP contribution in [0.2, 0.25) is 5.02 Å². The molecule has 1 aliphatic rings. The van der Waals surface area contributed by atoms with Gasteiger partial charge in [-0.15, -0.1) is 11.8 Å². The van der Waals surface area contributed by atoms with Crippen molar-refractivity contribution in [3.63, 3.8) is 0 Å². The second-order valence-electron chi connectivity index (χ2n) is 7.00. The van der Waals surface area contributed by atoms with Crippen LogP contribution in [0.5, 0.6) is 23.0 Å². The molecule has 0 amide bonds. The van der Waals surface area contributed by atoms with Crippen molar-refractivity contribution in [2.45, 2.75) is 24.3 Å². The molecule has 0 N–H and O–H groups in total. The van der Waals surface area contributed by atoms with E-state index in [9.17, 15) is 0 Å². The van der Waals surface area contributed by atoms with E-state index in [0.717, 1.165) is 39.2 Å². The van der Waals surface area contributed by atoms with Crippen LogP contribution in [-0.4, -0.2) is 36.3 Å². The van der Waals surface area contributed by atoms with E-state index in [1.54, 1.807) is 32.0 Å². The molecule has 158 valence electrons. The van der Waals surface area contributed by atoms with Crippen molar-refractivity contribution in [2.24, 2.45) is 0 Å². The zero-order chi connectivity index (χ0) is 21.1. The number of fused-ring (bicyclic) bond motifs is 1. The van der Waals surface area contributed by atoms with Crippen LogP contribution in [0.15, 0.2) is 47.8 Å². The lowest BCUT2D eigenvalue weighted by Crippen LogP contribution is -1.99. The molecule has 3 aromatic rings. The van der Waals surface area contributed by atoms with Gasteiger partial charge in [-0.3, -0.25) is 0 Å². The molecule has 0 fully saturated rings. The molecule has 0 radical (unpaired) electrons. The summed E-state index contributed by atoms with van der Waals surface area (Å²) in [6.07, 6.45) is 3.91. The quantitative estimate of drug-likeness (QED) is 0.442. The number of aromatic nitrogens is 2. The Hall–Kier alpha value is -2.51. The third kappa shape index (κ3) is 4.47. The molecule has 0 aliphatic carbocycles. The van der Waals surface area contributed by atoms with Crippen LogP contribution in [0.1, 0.15) is 24.1 Å². The lowest BCUT2D eigenvalue weighted by Gasteiger charge is -2.11. The maximum Gasteiger partial charge on any atom is 0.231 e. The van der Waals surface area contributed by atoms with Crippen LogP contribution in [0, 0.1) is 0 Å². The molecular weight excluding hydrogens is 424 g/mol. The van der Waals surface area contributed by atoms with E-state index in [4.69, 9.17) is 30.5 Å². The van der Waals surface area contributed by atoms with E-state index in [1.807, 2.05) is 35.2 Å².